The molecule has 1 aliphatic heterocycles. The van der Waals surface area contributed by atoms with E-state index >= 15 is 0 Å². The number of rotatable bonds is 4. The van der Waals surface area contributed by atoms with Gasteiger partial charge in [-0.1, -0.05) is 36.4 Å². The molecule has 0 aliphatic carbocycles. The van der Waals surface area contributed by atoms with Gasteiger partial charge >= 0.3 is 6.03 Å². The molecule has 3 N–H and O–H groups in total. The van der Waals surface area contributed by atoms with Gasteiger partial charge in [-0.25, -0.2) is 4.79 Å². The molecule has 7 nitrogen and oxygen atoms in total. The monoisotopic (exact) mass is 360 g/mol. The Morgan fingerprint density at radius 2 is 1.74 bits per heavy atom. The third kappa shape index (κ3) is 3.43. The van der Waals surface area contributed by atoms with E-state index in [9.17, 15) is 14.4 Å². The second-order valence-electron chi connectivity index (χ2n) is 6.11. The van der Waals surface area contributed by atoms with Gasteiger partial charge in [0.15, 0.2) is 0 Å². The number of para-hydroxylation sites is 2. The predicted molar refractivity (Wildman–Crippen MR) is 102 cm³/mol. The topological polar surface area (TPSA) is 92.2 Å². The van der Waals surface area contributed by atoms with Gasteiger partial charge in [0.1, 0.15) is 12.2 Å². The molecule has 1 aliphatic rings. The Kier molecular flexibility index (Phi) is 4.18. The number of hydrogen-bond acceptors (Lipinski definition) is 3. The van der Waals surface area contributed by atoms with E-state index in [1.54, 1.807) is 12.3 Å². The molecule has 1 fully saturated rings. The minimum absolute atomic E-state index is 0.122. The molecule has 4 amide bonds. The van der Waals surface area contributed by atoms with Gasteiger partial charge in [-0.3, -0.25) is 14.9 Å². The first-order valence-corrected chi connectivity index (χ1v) is 8.37. The van der Waals surface area contributed by atoms with Crippen LogP contribution in [-0.2, 0) is 16.1 Å². The number of carbonyl (C=O) groups excluding carboxylic acids is 3. The standard InChI is InChI=1S/C20H16N4O3/c25-18(21-14-6-2-1-3-7-14)12-24-11-13(15-8-4-5-9-17(15)24)10-16-19(26)23-20(27)22-16/h1-11H,12H2,(H,21,25)(H2,22,23,26,27). The van der Waals surface area contributed by atoms with Crippen molar-refractivity contribution in [3.63, 3.8) is 0 Å². The van der Waals surface area contributed by atoms with Crippen molar-refractivity contribution in [2.45, 2.75) is 6.54 Å². The van der Waals surface area contributed by atoms with Crippen LogP contribution in [0.1, 0.15) is 5.56 Å². The zero-order valence-corrected chi connectivity index (χ0v) is 14.2. The van der Waals surface area contributed by atoms with Crippen molar-refractivity contribution in [3.05, 3.63) is 72.1 Å². The maximum atomic E-state index is 12.4. The van der Waals surface area contributed by atoms with E-state index in [2.05, 4.69) is 16.0 Å². The Bertz CT molecular complexity index is 1080. The van der Waals surface area contributed by atoms with Gasteiger partial charge in [0.2, 0.25) is 5.91 Å². The summed E-state index contributed by atoms with van der Waals surface area (Å²) in [6.45, 7) is 0.122. The molecule has 27 heavy (non-hydrogen) atoms. The van der Waals surface area contributed by atoms with Gasteiger partial charge in [-0.2, -0.15) is 0 Å². The van der Waals surface area contributed by atoms with E-state index in [1.807, 2.05) is 59.2 Å². The van der Waals surface area contributed by atoms with Crippen LogP contribution < -0.4 is 16.0 Å². The fourth-order valence-electron chi connectivity index (χ4n) is 3.04. The van der Waals surface area contributed by atoms with Crippen LogP contribution in [0.25, 0.3) is 17.0 Å². The van der Waals surface area contributed by atoms with Gasteiger partial charge in [-0.05, 0) is 24.3 Å². The molecule has 134 valence electrons. The predicted octanol–water partition coefficient (Wildman–Crippen LogP) is 2.46. The Labute approximate surface area is 154 Å². The molecule has 0 saturated carbocycles. The van der Waals surface area contributed by atoms with Crippen molar-refractivity contribution in [2.24, 2.45) is 0 Å². The van der Waals surface area contributed by atoms with E-state index in [0.717, 1.165) is 22.2 Å². The number of benzene rings is 2. The lowest BCUT2D eigenvalue weighted by atomic mass is 10.1. The summed E-state index contributed by atoms with van der Waals surface area (Å²) < 4.78 is 1.81. The number of carbonyl (C=O) groups is 3. The Morgan fingerprint density at radius 3 is 2.48 bits per heavy atom. The average Bonchev–Trinajstić information content (AvgIpc) is 3.16. The summed E-state index contributed by atoms with van der Waals surface area (Å²) in [5.41, 5.74) is 2.51. The van der Waals surface area contributed by atoms with Crippen LogP contribution in [0, 0.1) is 0 Å². The number of imide groups is 1. The average molecular weight is 360 g/mol. The summed E-state index contributed by atoms with van der Waals surface area (Å²) >= 11 is 0. The molecular formula is C20H16N4O3. The van der Waals surface area contributed by atoms with Gasteiger partial charge in [0.25, 0.3) is 5.91 Å². The highest BCUT2D eigenvalue weighted by atomic mass is 16.2. The van der Waals surface area contributed by atoms with E-state index in [0.29, 0.717) is 0 Å². The van der Waals surface area contributed by atoms with Gasteiger partial charge < -0.3 is 15.2 Å². The largest absolute Gasteiger partial charge is 0.337 e. The van der Waals surface area contributed by atoms with Crippen molar-refractivity contribution >= 4 is 40.5 Å². The van der Waals surface area contributed by atoms with Crippen molar-refractivity contribution in [1.29, 1.82) is 0 Å². The second-order valence-corrected chi connectivity index (χ2v) is 6.11. The van der Waals surface area contributed by atoms with Crippen LogP contribution in [0.4, 0.5) is 10.5 Å². The first-order chi connectivity index (χ1) is 13.1. The molecule has 0 unspecified atom stereocenters. The van der Waals surface area contributed by atoms with Crippen molar-refractivity contribution in [3.8, 4) is 0 Å². The van der Waals surface area contributed by atoms with E-state index in [1.165, 1.54) is 0 Å². The van der Waals surface area contributed by atoms with Crippen LogP contribution >= 0.6 is 0 Å². The quantitative estimate of drug-likeness (QED) is 0.493. The summed E-state index contributed by atoms with van der Waals surface area (Å²) in [6, 6.07) is 16.3. The summed E-state index contributed by atoms with van der Waals surface area (Å²) in [5.74, 6) is -0.633. The van der Waals surface area contributed by atoms with Crippen LogP contribution in [0.15, 0.2) is 66.5 Å². The highest BCUT2D eigenvalue weighted by molar-refractivity contribution is 6.14. The second kappa shape index (κ2) is 6.80. The smallest absolute Gasteiger partial charge is 0.326 e. The van der Waals surface area contributed by atoms with Crippen LogP contribution in [0.3, 0.4) is 0 Å². The molecule has 1 saturated heterocycles. The van der Waals surface area contributed by atoms with E-state index in [-0.39, 0.29) is 18.1 Å². The number of anilines is 1. The minimum Gasteiger partial charge on any atom is -0.337 e. The molecule has 0 atom stereocenters. The van der Waals surface area contributed by atoms with Gasteiger partial charge in [-0.15, -0.1) is 0 Å². The zero-order chi connectivity index (χ0) is 18.8. The normalized spacial score (nSPS) is 15.0. The first-order valence-electron chi connectivity index (χ1n) is 8.37. The fraction of sp³-hybridized carbons (Fsp3) is 0.0500. The number of hydrogen-bond donors (Lipinski definition) is 3. The third-order valence-corrected chi connectivity index (χ3v) is 4.21. The number of nitrogens with one attached hydrogen (secondary N) is 3. The zero-order valence-electron chi connectivity index (χ0n) is 14.2. The van der Waals surface area contributed by atoms with Crippen LogP contribution in [0.2, 0.25) is 0 Å². The summed E-state index contributed by atoms with van der Waals surface area (Å²) in [6.07, 6.45) is 3.40. The SMILES string of the molecule is O=C(Cn1cc(C=C2NC(=O)NC2=O)c2ccccc21)Nc1ccccc1. The van der Waals surface area contributed by atoms with Crippen LogP contribution in [-0.4, -0.2) is 22.4 Å². The number of amides is 4. The molecular weight excluding hydrogens is 344 g/mol. The Balaban J connectivity index is 1.64. The van der Waals surface area contributed by atoms with E-state index < -0.39 is 11.9 Å². The van der Waals surface area contributed by atoms with Gasteiger partial charge in [0.05, 0.1) is 0 Å². The lowest BCUT2D eigenvalue weighted by molar-refractivity contribution is -0.117. The molecule has 1 aromatic heterocycles. The third-order valence-electron chi connectivity index (χ3n) is 4.21. The summed E-state index contributed by atoms with van der Waals surface area (Å²) in [7, 11) is 0. The maximum absolute atomic E-state index is 12.4. The Hall–Kier alpha value is -3.87. The van der Waals surface area contributed by atoms with Crippen molar-refractivity contribution in [1.82, 2.24) is 15.2 Å². The number of nitrogens with zero attached hydrogens (tertiary/aromatic N) is 1. The minimum atomic E-state index is -0.544. The molecule has 2 heterocycles. The lowest BCUT2D eigenvalue weighted by Crippen LogP contribution is -2.22. The highest BCUT2D eigenvalue weighted by Gasteiger charge is 2.23. The fourth-order valence-corrected chi connectivity index (χ4v) is 3.04. The number of fused-ring (bicyclic) bond motifs is 1. The molecule has 3 aromatic rings. The number of aromatic nitrogens is 1. The molecule has 0 bridgehead atoms. The Morgan fingerprint density at radius 1 is 1.00 bits per heavy atom. The van der Waals surface area contributed by atoms with Gasteiger partial charge in [0, 0.05) is 28.4 Å². The maximum Gasteiger partial charge on any atom is 0.326 e. The highest BCUT2D eigenvalue weighted by Crippen LogP contribution is 2.24. The molecule has 4 rings (SSSR count). The van der Waals surface area contributed by atoms with Crippen molar-refractivity contribution in [2.75, 3.05) is 5.32 Å². The summed E-state index contributed by atoms with van der Waals surface area (Å²) in [4.78, 5) is 35.5. The van der Waals surface area contributed by atoms with Crippen molar-refractivity contribution < 1.29 is 14.4 Å². The first kappa shape index (κ1) is 16.6. The molecule has 2 aromatic carbocycles. The van der Waals surface area contributed by atoms with Crippen LogP contribution in [0.5, 0.6) is 0 Å². The molecule has 7 heteroatoms. The molecule has 0 spiro atoms. The lowest BCUT2D eigenvalue weighted by Gasteiger charge is -2.07. The summed E-state index contributed by atoms with van der Waals surface area (Å²) in [5, 5.41) is 8.38. The van der Waals surface area contributed by atoms with E-state index in [4.69, 9.17) is 0 Å². The number of urea groups is 1. The molecule has 0 radical (unpaired) electrons.